The SMILES string of the molecule is CN(CC(C)(C)CN)C(=O)C1CC(=O)Nc2ccccc21. The Morgan fingerprint density at radius 3 is 2.76 bits per heavy atom. The van der Waals surface area contributed by atoms with Crippen molar-refractivity contribution in [3.63, 3.8) is 0 Å². The number of amides is 2. The minimum Gasteiger partial charge on any atom is -0.345 e. The topological polar surface area (TPSA) is 75.4 Å². The summed E-state index contributed by atoms with van der Waals surface area (Å²) in [6.07, 6.45) is 0.198. The van der Waals surface area contributed by atoms with E-state index in [1.807, 2.05) is 38.1 Å². The van der Waals surface area contributed by atoms with Crippen LogP contribution >= 0.6 is 0 Å². The van der Waals surface area contributed by atoms with Gasteiger partial charge in [-0.05, 0) is 23.6 Å². The average molecular weight is 289 g/mol. The molecule has 0 radical (unpaired) electrons. The number of nitrogens with two attached hydrogens (primary N) is 1. The molecule has 2 amide bonds. The van der Waals surface area contributed by atoms with Crippen molar-refractivity contribution < 1.29 is 9.59 Å². The normalized spacial score (nSPS) is 17.9. The predicted molar refractivity (Wildman–Crippen MR) is 82.9 cm³/mol. The fraction of sp³-hybridized carbons (Fsp3) is 0.500. The van der Waals surface area contributed by atoms with Gasteiger partial charge in [-0.2, -0.15) is 0 Å². The van der Waals surface area contributed by atoms with Crippen molar-refractivity contribution >= 4 is 17.5 Å². The maximum Gasteiger partial charge on any atom is 0.230 e. The molecule has 0 saturated heterocycles. The third-order valence-electron chi connectivity index (χ3n) is 3.89. The van der Waals surface area contributed by atoms with Gasteiger partial charge in [0.25, 0.3) is 0 Å². The monoisotopic (exact) mass is 289 g/mol. The number of anilines is 1. The molecule has 0 aliphatic carbocycles. The molecule has 3 N–H and O–H groups in total. The van der Waals surface area contributed by atoms with Gasteiger partial charge in [0.2, 0.25) is 11.8 Å². The molecule has 21 heavy (non-hydrogen) atoms. The summed E-state index contributed by atoms with van der Waals surface area (Å²) in [5.74, 6) is -0.550. The fourth-order valence-corrected chi connectivity index (χ4v) is 2.68. The highest BCUT2D eigenvalue weighted by Crippen LogP contribution is 2.33. The molecule has 1 heterocycles. The summed E-state index contributed by atoms with van der Waals surface area (Å²) in [6.45, 7) is 5.13. The smallest absolute Gasteiger partial charge is 0.230 e. The first-order valence-corrected chi connectivity index (χ1v) is 7.18. The Balaban J connectivity index is 2.21. The molecule has 2 rings (SSSR count). The molecule has 0 saturated carbocycles. The van der Waals surface area contributed by atoms with E-state index in [4.69, 9.17) is 5.73 Å². The third-order valence-corrected chi connectivity index (χ3v) is 3.89. The maximum atomic E-state index is 12.7. The zero-order chi connectivity index (χ0) is 15.6. The van der Waals surface area contributed by atoms with Gasteiger partial charge >= 0.3 is 0 Å². The van der Waals surface area contributed by atoms with Crippen molar-refractivity contribution in [3.8, 4) is 0 Å². The Morgan fingerprint density at radius 2 is 2.10 bits per heavy atom. The van der Waals surface area contributed by atoms with Gasteiger partial charge in [0, 0.05) is 25.7 Å². The van der Waals surface area contributed by atoms with E-state index in [2.05, 4.69) is 5.32 Å². The van der Waals surface area contributed by atoms with E-state index in [1.54, 1.807) is 11.9 Å². The second-order valence-corrected chi connectivity index (χ2v) is 6.45. The van der Waals surface area contributed by atoms with Crippen molar-refractivity contribution in [1.82, 2.24) is 4.90 Å². The van der Waals surface area contributed by atoms with Gasteiger partial charge in [-0.25, -0.2) is 0 Å². The maximum absolute atomic E-state index is 12.7. The van der Waals surface area contributed by atoms with Crippen LogP contribution in [0, 0.1) is 5.41 Å². The van der Waals surface area contributed by atoms with Crippen LogP contribution in [0.3, 0.4) is 0 Å². The quantitative estimate of drug-likeness (QED) is 0.883. The van der Waals surface area contributed by atoms with E-state index >= 15 is 0 Å². The minimum atomic E-state index is -0.409. The second kappa shape index (κ2) is 5.85. The van der Waals surface area contributed by atoms with Crippen LogP contribution in [0.4, 0.5) is 5.69 Å². The molecule has 0 fully saturated rings. The predicted octanol–water partition coefficient (Wildman–Crippen LogP) is 1.56. The van der Waals surface area contributed by atoms with Crippen molar-refractivity contribution in [2.45, 2.75) is 26.2 Å². The molecule has 5 nitrogen and oxygen atoms in total. The van der Waals surface area contributed by atoms with Gasteiger partial charge in [0.15, 0.2) is 0 Å². The van der Waals surface area contributed by atoms with Crippen LogP contribution in [0.2, 0.25) is 0 Å². The molecule has 1 unspecified atom stereocenters. The number of benzene rings is 1. The van der Waals surface area contributed by atoms with Gasteiger partial charge in [-0.3, -0.25) is 9.59 Å². The lowest BCUT2D eigenvalue weighted by atomic mass is 9.88. The van der Waals surface area contributed by atoms with Crippen LogP contribution < -0.4 is 11.1 Å². The molecule has 0 aromatic heterocycles. The largest absolute Gasteiger partial charge is 0.345 e. The lowest BCUT2D eigenvalue weighted by Gasteiger charge is -2.33. The fourth-order valence-electron chi connectivity index (χ4n) is 2.68. The summed E-state index contributed by atoms with van der Waals surface area (Å²) in [4.78, 5) is 26.2. The molecular formula is C16H23N3O2. The zero-order valence-corrected chi connectivity index (χ0v) is 12.8. The van der Waals surface area contributed by atoms with E-state index in [1.165, 1.54) is 0 Å². The van der Waals surface area contributed by atoms with E-state index in [9.17, 15) is 9.59 Å². The number of fused-ring (bicyclic) bond motifs is 1. The van der Waals surface area contributed by atoms with E-state index in [0.717, 1.165) is 11.3 Å². The van der Waals surface area contributed by atoms with Gasteiger partial charge in [-0.15, -0.1) is 0 Å². The van der Waals surface area contributed by atoms with Crippen LogP contribution in [0.1, 0.15) is 31.7 Å². The first kappa shape index (κ1) is 15.5. The molecule has 1 aliphatic heterocycles. The highest BCUT2D eigenvalue weighted by molar-refractivity contribution is 6.01. The van der Waals surface area contributed by atoms with Crippen LogP contribution in [0.25, 0.3) is 0 Å². The summed E-state index contributed by atoms with van der Waals surface area (Å²) in [5, 5.41) is 2.81. The number of para-hydroxylation sites is 1. The molecule has 0 bridgehead atoms. The van der Waals surface area contributed by atoms with Crippen molar-refractivity contribution in [1.29, 1.82) is 0 Å². The summed E-state index contributed by atoms with van der Waals surface area (Å²) in [7, 11) is 1.77. The third kappa shape index (κ3) is 3.42. The number of rotatable bonds is 4. The van der Waals surface area contributed by atoms with Crippen LogP contribution in [-0.4, -0.2) is 36.9 Å². The summed E-state index contributed by atoms with van der Waals surface area (Å²) < 4.78 is 0. The number of carbonyl (C=O) groups is 2. The zero-order valence-electron chi connectivity index (χ0n) is 12.8. The lowest BCUT2D eigenvalue weighted by molar-refractivity contribution is -0.134. The highest BCUT2D eigenvalue weighted by Gasteiger charge is 2.33. The van der Waals surface area contributed by atoms with Crippen LogP contribution in [0.15, 0.2) is 24.3 Å². The summed E-state index contributed by atoms with van der Waals surface area (Å²) in [5.41, 5.74) is 7.21. The first-order valence-electron chi connectivity index (χ1n) is 7.18. The van der Waals surface area contributed by atoms with Crippen LogP contribution in [-0.2, 0) is 9.59 Å². The Kier molecular flexibility index (Phi) is 4.32. The second-order valence-electron chi connectivity index (χ2n) is 6.45. The molecule has 5 heteroatoms. The molecule has 1 aliphatic rings. The minimum absolute atomic E-state index is 0.0289. The Morgan fingerprint density at radius 1 is 1.43 bits per heavy atom. The molecule has 1 atom stereocenters. The number of likely N-dealkylation sites (N-methyl/N-ethyl adjacent to an activating group) is 1. The summed E-state index contributed by atoms with van der Waals surface area (Å²) in [6, 6.07) is 7.48. The molecule has 1 aromatic rings. The molecule has 1 aromatic carbocycles. The van der Waals surface area contributed by atoms with Gasteiger partial charge < -0.3 is 16.0 Å². The molecule has 114 valence electrons. The van der Waals surface area contributed by atoms with E-state index < -0.39 is 5.92 Å². The summed E-state index contributed by atoms with van der Waals surface area (Å²) >= 11 is 0. The average Bonchev–Trinajstić information content (AvgIpc) is 2.45. The molecule has 0 spiro atoms. The van der Waals surface area contributed by atoms with Crippen molar-refractivity contribution in [3.05, 3.63) is 29.8 Å². The van der Waals surface area contributed by atoms with Crippen molar-refractivity contribution in [2.24, 2.45) is 11.1 Å². The van der Waals surface area contributed by atoms with Gasteiger partial charge in [0.05, 0.1) is 5.92 Å². The Hall–Kier alpha value is -1.88. The molecular weight excluding hydrogens is 266 g/mol. The van der Waals surface area contributed by atoms with E-state index in [-0.39, 0.29) is 23.7 Å². The lowest BCUT2D eigenvalue weighted by Crippen LogP contribution is -2.43. The van der Waals surface area contributed by atoms with Crippen molar-refractivity contribution in [2.75, 3.05) is 25.5 Å². The number of nitrogens with one attached hydrogen (secondary N) is 1. The van der Waals surface area contributed by atoms with E-state index in [0.29, 0.717) is 13.1 Å². The standard InChI is InChI=1S/C16H23N3O2/c1-16(2,9-17)10-19(3)15(21)12-8-14(20)18-13-7-5-4-6-11(12)13/h4-7,12H,8-10,17H2,1-3H3,(H,18,20). The number of nitrogens with zero attached hydrogens (tertiary/aromatic N) is 1. The number of hydrogen-bond donors (Lipinski definition) is 2. The highest BCUT2D eigenvalue weighted by atomic mass is 16.2. The van der Waals surface area contributed by atoms with Gasteiger partial charge in [0.1, 0.15) is 0 Å². The number of carbonyl (C=O) groups excluding carboxylic acids is 2. The van der Waals surface area contributed by atoms with Gasteiger partial charge in [-0.1, -0.05) is 32.0 Å². The Bertz CT molecular complexity index is 554. The van der Waals surface area contributed by atoms with Crippen LogP contribution in [0.5, 0.6) is 0 Å². The first-order chi connectivity index (χ1) is 9.84. The number of hydrogen-bond acceptors (Lipinski definition) is 3. The Labute approximate surface area is 125 Å².